The van der Waals surface area contributed by atoms with Crippen molar-refractivity contribution in [1.29, 1.82) is 0 Å². The Labute approximate surface area is 143 Å². The molecule has 0 bridgehead atoms. The van der Waals surface area contributed by atoms with Crippen molar-refractivity contribution in [2.75, 3.05) is 11.9 Å². The zero-order chi connectivity index (χ0) is 16.0. The zero-order valence-electron chi connectivity index (χ0n) is 13.2. The maximum absolute atomic E-state index is 12.5. The van der Waals surface area contributed by atoms with Gasteiger partial charge in [-0.15, -0.1) is 12.4 Å². The summed E-state index contributed by atoms with van der Waals surface area (Å²) in [6, 6.07) is 7.81. The Bertz CT molecular complexity index is 986. The van der Waals surface area contributed by atoms with Crippen LogP contribution in [0.3, 0.4) is 0 Å². The number of carbonyl (C=O) groups is 1. The number of nitrogens with one attached hydrogen (secondary N) is 1. The van der Waals surface area contributed by atoms with Gasteiger partial charge in [0, 0.05) is 18.5 Å². The number of halogens is 1. The summed E-state index contributed by atoms with van der Waals surface area (Å²) in [4.78, 5) is 21.3. The Hall–Kier alpha value is -2.67. The lowest BCUT2D eigenvalue weighted by molar-refractivity contribution is 0.0994. The molecule has 1 amide bonds. The highest BCUT2D eigenvalue weighted by Gasteiger charge is 2.19. The van der Waals surface area contributed by atoms with Gasteiger partial charge in [-0.3, -0.25) is 9.36 Å². The molecule has 0 saturated heterocycles. The van der Waals surface area contributed by atoms with Crippen LogP contribution in [0.25, 0.3) is 10.9 Å². The van der Waals surface area contributed by atoms with Gasteiger partial charge in [-0.1, -0.05) is 17.3 Å². The normalized spacial score (nSPS) is 13.5. The average Bonchev–Trinajstić information content (AvgIpc) is 3.15. The van der Waals surface area contributed by atoms with Crippen molar-refractivity contribution in [2.45, 2.75) is 20.4 Å². The third-order valence-electron chi connectivity index (χ3n) is 3.97. The number of anilines is 1. The van der Waals surface area contributed by atoms with E-state index in [0.717, 1.165) is 29.8 Å². The monoisotopic (exact) mass is 345 g/mol. The van der Waals surface area contributed by atoms with Crippen molar-refractivity contribution >= 4 is 35.0 Å². The van der Waals surface area contributed by atoms with Gasteiger partial charge >= 0.3 is 0 Å². The summed E-state index contributed by atoms with van der Waals surface area (Å²) in [6.07, 6.45) is 0. The summed E-state index contributed by atoms with van der Waals surface area (Å²) in [5, 5.41) is 8.16. The predicted molar refractivity (Wildman–Crippen MR) is 91.3 cm³/mol. The molecule has 0 spiro atoms. The van der Waals surface area contributed by atoms with E-state index in [4.69, 9.17) is 4.52 Å². The molecule has 0 atom stereocenters. The first-order chi connectivity index (χ1) is 11.1. The largest absolute Gasteiger partial charge is 0.369 e. The van der Waals surface area contributed by atoms with Crippen molar-refractivity contribution < 1.29 is 9.32 Å². The molecular formula is C16H16ClN5O2. The van der Waals surface area contributed by atoms with E-state index >= 15 is 0 Å². The topological polar surface area (TPSA) is 85.3 Å². The molecule has 1 aliphatic rings. The van der Waals surface area contributed by atoms with Crippen molar-refractivity contribution in [3.05, 3.63) is 46.9 Å². The van der Waals surface area contributed by atoms with Gasteiger partial charge in [-0.2, -0.15) is 4.99 Å². The maximum atomic E-state index is 12.5. The maximum Gasteiger partial charge on any atom is 0.285 e. The minimum Gasteiger partial charge on any atom is -0.369 e. The van der Waals surface area contributed by atoms with E-state index in [9.17, 15) is 4.79 Å². The van der Waals surface area contributed by atoms with Crippen LogP contribution in [0.5, 0.6) is 0 Å². The van der Waals surface area contributed by atoms with Crippen LogP contribution >= 0.6 is 12.4 Å². The first-order valence-corrected chi connectivity index (χ1v) is 7.40. The Morgan fingerprint density at radius 2 is 2.12 bits per heavy atom. The third kappa shape index (κ3) is 2.46. The fourth-order valence-electron chi connectivity index (χ4n) is 2.89. The molecule has 1 aromatic carbocycles. The first-order valence-electron chi connectivity index (χ1n) is 7.40. The van der Waals surface area contributed by atoms with Gasteiger partial charge in [0.2, 0.25) is 5.62 Å². The van der Waals surface area contributed by atoms with Gasteiger partial charge < -0.3 is 9.84 Å². The van der Waals surface area contributed by atoms with E-state index in [-0.39, 0.29) is 18.3 Å². The minimum atomic E-state index is -0.384. The van der Waals surface area contributed by atoms with Gasteiger partial charge in [0.1, 0.15) is 17.1 Å². The summed E-state index contributed by atoms with van der Waals surface area (Å²) < 4.78 is 6.98. The molecule has 124 valence electrons. The van der Waals surface area contributed by atoms with Gasteiger partial charge in [0.25, 0.3) is 5.91 Å². The average molecular weight is 346 g/mol. The molecule has 3 heterocycles. The standard InChI is InChI=1S/C16H15N5O2.ClH/c1-9-13(10(2)23-20-9)15(22)19-16-18-12-6-4-3-5-11(12)14-17-7-8-21(14)16;/h3-6,17H,7-8H2,1-2H3;1H. The molecule has 8 heteroatoms. The summed E-state index contributed by atoms with van der Waals surface area (Å²) >= 11 is 0. The number of nitrogens with zero attached hydrogens (tertiary/aromatic N) is 4. The summed E-state index contributed by atoms with van der Waals surface area (Å²) in [5.74, 6) is 1.03. The molecule has 1 N–H and O–H groups in total. The van der Waals surface area contributed by atoms with Crippen molar-refractivity contribution in [3.63, 3.8) is 0 Å². The first kappa shape index (κ1) is 16.2. The van der Waals surface area contributed by atoms with E-state index in [0.29, 0.717) is 22.6 Å². The van der Waals surface area contributed by atoms with Crippen LogP contribution in [-0.4, -0.2) is 27.2 Å². The third-order valence-corrected chi connectivity index (χ3v) is 3.97. The molecule has 3 aromatic rings. The van der Waals surface area contributed by atoms with E-state index < -0.39 is 0 Å². The van der Waals surface area contributed by atoms with Crippen LogP contribution in [-0.2, 0) is 6.54 Å². The Morgan fingerprint density at radius 3 is 2.88 bits per heavy atom. The second-order valence-corrected chi connectivity index (χ2v) is 5.47. The quantitative estimate of drug-likeness (QED) is 0.731. The lowest BCUT2D eigenvalue weighted by Gasteiger charge is -2.07. The summed E-state index contributed by atoms with van der Waals surface area (Å²) in [5.41, 5.74) is 2.14. The lowest BCUT2D eigenvalue weighted by atomic mass is 10.2. The molecule has 0 aliphatic carbocycles. The number of aryl methyl sites for hydroxylation is 2. The molecule has 0 saturated carbocycles. The highest BCUT2D eigenvalue weighted by molar-refractivity contribution is 5.97. The van der Waals surface area contributed by atoms with E-state index in [2.05, 4.69) is 20.4 Å². The number of aromatic nitrogens is 3. The molecule has 0 unspecified atom stereocenters. The number of rotatable bonds is 1. The molecule has 4 rings (SSSR count). The number of hydrogen-bond donors (Lipinski definition) is 1. The van der Waals surface area contributed by atoms with Crippen molar-refractivity contribution in [1.82, 2.24) is 14.7 Å². The van der Waals surface area contributed by atoms with Gasteiger partial charge in [0.15, 0.2) is 0 Å². The Balaban J connectivity index is 0.00000169. The van der Waals surface area contributed by atoms with Crippen molar-refractivity contribution in [2.24, 2.45) is 4.99 Å². The van der Waals surface area contributed by atoms with Crippen LogP contribution in [0.15, 0.2) is 33.8 Å². The van der Waals surface area contributed by atoms with Gasteiger partial charge in [-0.25, -0.2) is 4.98 Å². The van der Waals surface area contributed by atoms with Gasteiger partial charge in [0.05, 0.1) is 11.2 Å². The Morgan fingerprint density at radius 1 is 1.33 bits per heavy atom. The molecular weight excluding hydrogens is 330 g/mol. The smallest absolute Gasteiger partial charge is 0.285 e. The molecule has 0 fully saturated rings. The molecule has 7 nitrogen and oxygen atoms in total. The number of para-hydroxylation sites is 1. The molecule has 2 aromatic heterocycles. The predicted octanol–water partition coefficient (Wildman–Crippen LogP) is 2.23. The molecule has 1 aliphatic heterocycles. The van der Waals surface area contributed by atoms with Gasteiger partial charge in [-0.05, 0) is 26.0 Å². The van der Waals surface area contributed by atoms with Crippen molar-refractivity contribution in [3.8, 4) is 0 Å². The lowest BCUT2D eigenvalue weighted by Crippen LogP contribution is -2.25. The minimum absolute atomic E-state index is 0. The zero-order valence-corrected chi connectivity index (χ0v) is 14.1. The van der Waals surface area contributed by atoms with Crippen LogP contribution < -0.4 is 10.9 Å². The number of fused-ring (bicyclic) bond motifs is 3. The highest BCUT2D eigenvalue weighted by Crippen LogP contribution is 2.22. The van der Waals surface area contributed by atoms with Crippen LogP contribution in [0.4, 0.5) is 5.82 Å². The number of carbonyl (C=O) groups excluding carboxylic acids is 1. The second-order valence-electron chi connectivity index (χ2n) is 5.47. The number of benzene rings is 1. The molecule has 0 radical (unpaired) electrons. The fourth-order valence-corrected chi connectivity index (χ4v) is 2.89. The SMILES string of the molecule is Cc1noc(C)c1C(=O)N=c1nc2ccccc2c2n1CCN2.Cl. The fraction of sp³-hybridized carbons (Fsp3) is 0.250. The van der Waals surface area contributed by atoms with Crippen LogP contribution in [0, 0.1) is 13.8 Å². The van der Waals surface area contributed by atoms with E-state index in [1.807, 2.05) is 28.8 Å². The molecule has 24 heavy (non-hydrogen) atoms. The number of amides is 1. The second kappa shape index (κ2) is 6.09. The Kier molecular flexibility index (Phi) is 4.11. The highest BCUT2D eigenvalue weighted by atomic mass is 35.5. The summed E-state index contributed by atoms with van der Waals surface area (Å²) in [6.45, 7) is 4.94. The summed E-state index contributed by atoms with van der Waals surface area (Å²) in [7, 11) is 0. The van der Waals surface area contributed by atoms with E-state index in [1.54, 1.807) is 13.8 Å². The van der Waals surface area contributed by atoms with Crippen LogP contribution in [0.2, 0.25) is 0 Å². The van der Waals surface area contributed by atoms with E-state index in [1.165, 1.54) is 0 Å². The number of hydrogen-bond acceptors (Lipinski definition) is 5. The van der Waals surface area contributed by atoms with Crippen LogP contribution in [0.1, 0.15) is 21.8 Å².